The minimum atomic E-state index is -0.583. The summed E-state index contributed by atoms with van der Waals surface area (Å²) in [6, 6.07) is 7.71. The Morgan fingerprint density at radius 2 is 1.93 bits per heavy atom. The van der Waals surface area contributed by atoms with Crippen LogP contribution in [0.15, 0.2) is 34.6 Å². The van der Waals surface area contributed by atoms with Gasteiger partial charge in [-0.3, -0.25) is 9.59 Å². The summed E-state index contributed by atoms with van der Waals surface area (Å²) in [6.07, 6.45) is 3.55. The fourth-order valence-electron chi connectivity index (χ4n) is 3.63. The van der Waals surface area contributed by atoms with Gasteiger partial charge in [-0.25, -0.2) is 0 Å². The van der Waals surface area contributed by atoms with Gasteiger partial charge in [0.25, 0.3) is 5.91 Å². The van der Waals surface area contributed by atoms with E-state index in [-0.39, 0.29) is 17.8 Å². The maximum atomic E-state index is 12.8. The van der Waals surface area contributed by atoms with E-state index in [0.29, 0.717) is 39.1 Å². The lowest BCUT2D eigenvalue weighted by molar-refractivity contribution is -0.145. The third-order valence-electron chi connectivity index (χ3n) is 5.28. The van der Waals surface area contributed by atoms with E-state index in [0.717, 1.165) is 29.7 Å². The van der Waals surface area contributed by atoms with Crippen molar-refractivity contribution in [3.05, 3.63) is 35.4 Å². The number of carbonyl (C=O) groups is 2. The molecular formula is C22H29N3O5. The van der Waals surface area contributed by atoms with Crippen molar-refractivity contribution in [2.75, 3.05) is 26.3 Å². The summed E-state index contributed by atoms with van der Waals surface area (Å²) >= 11 is 0. The van der Waals surface area contributed by atoms with Crippen molar-refractivity contribution in [1.29, 1.82) is 0 Å². The first-order chi connectivity index (χ1) is 14.6. The highest BCUT2D eigenvalue weighted by molar-refractivity contribution is 6.04. The van der Waals surface area contributed by atoms with E-state index in [9.17, 15) is 9.59 Å². The molecule has 0 bridgehead atoms. The minimum Gasteiger partial charge on any atom is -0.466 e. The zero-order valence-electron chi connectivity index (χ0n) is 17.6. The number of ether oxygens (including phenoxy) is 1. The quantitative estimate of drug-likeness (QED) is 0.370. The second-order valence-corrected chi connectivity index (χ2v) is 7.39. The van der Waals surface area contributed by atoms with Crippen LogP contribution in [-0.2, 0) is 24.0 Å². The Labute approximate surface area is 176 Å². The molecule has 0 aliphatic carbocycles. The molecule has 162 valence electrons. The van der Waals surface area contributed by atoms with Crippen LogP contribution in [0.4, 0.5) is 0 Å². The van der Waals surface area contributed by atoms with Gasteiger partial charge in [-0.1, -0.05) is 34.6 Å². The summed E-state index contributed by atoms with van der Waals surface area (Å²) in [5.41, 5.74) is 2.61. The van der Waals surface area contributed by atoms with Crippen LogP contribution in [-0.4, -0.2) is 61.1 Å². The number of nitrogens with zero attached hydrogens (tertiary/aromatic N) is 3. The fraction of sp³-hybridized carbons (Fsp3) is 0.545. The molecule has 0 spiro atoms. The highest BCUT2D eigenvalue weighted by Gasteiger charge is 2.34. The van der Waals surface area contributed by atoms with Crippen LogP contribution in [0.2, 0.25) is 0 Å². The van der Waals surface area contributed by atoms with E-state index >= 15 is 0 Å². The topological polar surface area (TPSA) is 89.8 Å². The molecule has 1 fully saturated rings. The number of hydrogen-bond donors (Lipinski definition) is 0. The average molecular weight is 415 g/mol. The zero-order valence-corrected chi connectivity index (χ0v) is 17.6. The van der Waals surface area contributed by atoms with Crippen LogP contribution < -0.4 is 0 Å². The van der Waals surface area contributed by atoms with Crippen molar-refractivity contribution in [3.63, 3.8) is 0 Å². The molecule has 2 aliphatic rings. The summed E-state index contributed by atoms with van der Waals surface area (Å²) in [5, 5.41) is 7.98. The number of piperidine rings is 1. The van der Waals surface area contributed by atoms with E-state index in [1.807, 2.05) is 43.0 Å². The lowest BCUT2D eigenvalue weighted by Gasteiger charge is -2.32. The van der Waals surface area contributed by atoms with Gasteiger partial charge in [0.2, 0.25) is 6.10 Å². The van der Waals surface area contributed by atoms with Crippen LogP contribution in [0.25, 0.3) is 0 Å². The van der Waals surface area contributed by atoms with Gasteiger partial charge in [0.05, 0.1) is 18.5 Å². The Morgan fingerprint density at radius 1 is 1.20 bits per heavy atom. The molecule has 2 heterocycles. The molecule has 0 radical (unpaired) electrons. The fourth-order valence-corrected chi connectivity index (χ4v) is 3.63. The summed E-state index contributed by atoms with van der Waals surface area (Å²) in [4.78, 5) is 36.7. The number of oxime groups is 2. The van der Waals surface area contributed by atoms with Crippen LogP contribution in [0.1, 0.15) is 50.7 Å². The van der Waals surface area contributed by atoms with Crippen molar-refractivity contribution in [1.82, 2.24) is 4.90 Å². The lowest BCUT2D eigenvalue weighted by Crippen LogP contribution is -2.44. The van der Waals surface area contributed by atoms with E-state index in [4.69, 9.17) is 14.4 Å². The number of esters is 1. The number of likely N-dealkylation sites (tertiary alicyclic amines) is 1. The molecule has 30 heavy (non-hydrogen) atoms. The van der Waals surface area contributed by atoms with Crippen LogP contribution in [0.5, 0.6) is 0 Å². The summed E-state index contributed by atoms with van der Waals surface area (Å²) < 4.78 is 5.02. The largest absolute Gasteiger partial charge is 0.466 e. The smallest absolute Gasteiger partial charge is 0.306 e. The van der Waals surface area contributed by atoms with Crippen LogP contribution >= 0.6 is 0 Å². The maximum absolute atomic E-state index is 12.8. The maximum Gasteiger partial charge on any atom is 0.306 e. The molecule has 1 aromatic rings. The first kappa shape index (κ1) is 21.8. The van der Waals surface area contributed by atoms with Crippen LogP contribution in [0.3, 0.4) is 0 Å². The predicted molar refractivity (Wildman–Crippen MR) is 112 cm³/mol. The van der Waals surface area contributed by atoms with Gasteiger partial charge in [-0.15, -0.1) is 0 Å². The van der Waals surface area contributed by atoms with Crippen molar-refractivity contribution < 1.29 is 24.0 Å². The molecule has 1 aromatic carbocycles. The summed E-state index contributed by atoms with van der Waals surface area (Å²) in [6.45, 7) is 5.88. The molecular weight excluding hydrogens is 386 g/mol. The van der Waals surface area contributed by atoms with E-state index in [2.05, 4.69) is 10.3 Å². The van der Waals surface area contributed by atoms with Crippen LogP contribution in [0, 0.1) is 5.92 Å². The second kappa shape index (κ2) is 10.8. The Kier molecular flexibility index (Phi) is 7.82. The molecule has 2 aliphatic heterocycles. The van der Waals surface area contributed by atoms with Crippen molar-refractivity contribution >= 4 is 23.8 Å². The highest BCUT2D eigenvalue weighted by Crippen LogP contribution is 2.24. The number of amides is 1. The molecule has 0 aromatic heterocycles. The van der Waals surface area contributed by atoms with E-state index in [1.165, 1.54) is 0 Å². The van der Waals surface area contributed by atoms with E-state index < -0.39 is 6.10 Å². The van der Waals surface area contributed by atoms with E-state index in [1.54, 1.807) is 6.21 Å². The van der Waals surface area contributed by atoms with Gasteiger partial charge >= 0.3 is 5.97 Å². The molecule has 1 amide bonds. The molecule has 1 atom stereocenters. The highest BCUT2D eigenvalue weighted by atomic mass is 16.6. The number of benzene rings is 1. The molecule has 1 unspecified atom stereocenters. The third kappa shape index (κ3) is 5.81. The van der Waals surface area contributed by atoms with Gasteiger partial charge < -0.3 is 19.3 Å². The van der Waals surface area contributed by atoms with Gasteiger partial charge in [-0.05, 0) is 43.7 Å². The molecule has 8 nitrogen and oxygen atoms in total. The normalized spacial score (nSPS) is 19.5. The van der Waals surface area contributed by atoms with Crippen molar-refractivity contribution in [2.45, 2.75) is 45.6 Å². The Hall–Kier alpha value is -2.90. The number of rotatable bonds is 8. The standard InChI is InChI=1S/C22H29N3O5/c1-3-28-21(26)13-16-9-11-25(12-10-16)22(27)20-14-19(24-30-20)18-7-5-17(6-8-18)15-23-29-4-2/h5-8,15-16,20H,3-4,9-14H2,1-2H3. The van der Waals surface area contributed by atoms with Gasteiger partial charge in [0, 0.05) is 25.9 Å². The van der Waals surface area contributed by atoms with Crippen molar-refractivity contribution in [2.24, 2.45) is 16.2 Å². The lowest BCUT2D eigenvalue weighted by atomic mass is 9.93. The second-order valence-electron chi connectivity index (χ2n) is 7.39. The monoisotopic (exact) mass is 415 g/mol. The summed E-state index contributed by atoms with van der Waals surface area (Å²) in [5.74, 6) is 0.0765. The first-order valence-corrected chi connectivity index (χ1v) is 10.5. The van der Waals surface area contributed by atoms with Gasteiger partial charge in [0.1, 0.15) is 6.61 Å². The minimum absolute atomic E-state index is 0.0381. The molecule has 1 saturated heterocycles. The zero-order chi connectivity index (χ0) is 21.3. The molecule has 0 N–H and O–H groups in total. The number of hydrogen-bond acceptors (Lipinski definition) is 7. The van der Waals surface area contributed by atoms with Gasteiger partial charge in [0.15, 0.2) is 0 Å². The first-order valence-electron chi connectivity index (χ1n) is 10.5. The third-order valence-corrected chi connectivity index (χ3v) is 5.28. The average Bonchev–Trinajstić information content (AvgIpc) is 3.25. The Balaban J connectivity index is 1.47. The number of carbonyl (C=O) groups excluding carboxylic acids is 2. The van der Waals surface area contributed by atoms with Crippen molar-refractivity contribution in [3.8, 4) is 0 Å². The Morgan fingerprint density at radius 3 is 2.60 bits per heavy atom. The molecule has 0 saturated carbocycles. The van der Waals surface area contributed by atoms with Gasteiger partial charge in [-0.2, -0.15) is 0 Å². The molecule has 8 heteroatoms. The predicted octanol–water partition coefficient (Wildman–Crippen LogP) is 2.74. The summed E-state index contributed by atoms with van der Waals surface area (Å²) in [7, 11) is 0. The Bertz CT molecular complexity index is 782. The SMILES string of the molecule is CCON=Cc1ccc(C2=NOC(C(=O)N3CCC(CC(=O)OCC)CC3)C2)cc1. The molecule has 3 rings (SSSR count).